The summed E-state index contributed by atoms with van der Waals surface area (Å²) in [5.41, 5.74) is 1.93. The Kier molecular flexibility index (Phi) is 4.25. The number of benzene rings is 1. The highest BCUT2D eigenvalue weighted by Crippen LogP contribution is 2.21. The minimum Gasteiger partial charge on any atom is -0.392 e. The summed E-state index contributed by atoms with van der Waals surface area (Å²) in [5.74, 6) is 0.198. The van der Waals surface area contributed by atoms with E-state index in [0.29, 0.717) is 6.54 Å². The zero-order valence-corrected chi connectivity index (χ0v) is 12.3. The standard InChI is InChI=1S/C17H22N2O2/c20-13-14-6-5-7-16-15(14)8-11-19(16)12-17(21)18-9-3-1-2-4-10-18/h5-8,11,20H,1-4,9-10,12-13H2. The SMILES string of the molecule is O=C(Cn1ccc2c(CO)cccc21)N1CCCCCC1. The number of likely N-dealkylation sites (tertiary alicyclic amines) is 1. The lowest BCUT2D eigenvalue weighted by atomic mass is 10.1. The molecule has 4 nitrogen and oxygen atoms in total. The monoisotopic (exact) mass is 286 g/mol. The summed E-state index contributed by atoms with van der Waals surface area (Å²) < 4.78 is 1.99. The Hall–Kier alpha value is -1.81. The lowest BCUT2D eigenvalue weighted by Gasteiger charge is -2.20. The third-order valence-corrected chi connectivity index (χ3v) is 4.34. The van der Waals surface area contributed by atoms with Crippen LogP contribution in [0.5, 0.6) is 0 Å². The molecule has 0 saturated carbocycles. The number of aromatic nitrogens is 1. The molecule has 112 valence electrons. The van der Waals surface area contributed by atoms with Gasteiger partial charge in [0, 0.05) is 30.2 Å². The van der Waals surface area contributed by atoms with Gasteiger partial charge in [-0.1, -0.05) is 25.0 Å². The molecule has 1 fully saturated rings. The molecule has 2 heterocycles. The molecule has 0 unspecified atom stereocenters. The molecule has 0 aliphatic carbocycles. The third-order valence-electron chi connectivity index (χ3n) is 4.34. The molecule has 4 heteroatoms. The number of aliphatic hydroxyl groups excluding tert-OH is 1. The number of carbonyl (C=O) groups is 1. The first kappa shape index (κ1) is 14.1. The first-order chi connectivity index (χ1) is 10.3. The summed E-state index contributed by atoms with van der Waals surface area (Å²) in [6.07, 6.45) is 6.64. The van der Waals surface area contributed by atoms with Gasteiger partial charge < -0.3 is 14.6 Å². The smallest absolute Gasteiger partial charge is 0.242 e. The van der Waals surface area contributed by atoms with Crippen molar-refractivity contribution >= 4 is 16.8 Å². The van der Waals surface area contributed by atoms with Crippen molar-refractivity contribution in [3.8, 4) is 0 Å². The third kappa shape index (κ3) is 2.95. The van der Waals surface area contributed by atoms with Gasteiger partial charge in [0.2, 0.25) is 5.91 Å². The maximum Gasteiger partial charge on any atom is 0.242 e. The van der Waals surface area contributed by atoms with Gasteiger partial charge in [-0.15, -0.1) is 0 Å². The van der Waals surface area contributed by atoms with E-state index in [1.807, 2.05) is 39.9 Å². The largest absolute Gasteiger partial charge is 0.392 e. The maximum absolute atomic E-state index is 12.5. The fraction of sp³-hybridized carbons (Fsp3) is 0.471. The predicted molar refractivity (Wildman–Crippen MR) is 82.9 cm³/mol. The first-order valence-corrected chi connectivity index (χ1v) is 7.75. The predicted octanol–water partition coefficient (Wildman–Crippen LogP) is 2.54. The van der Waals surface area contributed by atoms with Crippen molar-refractivity contribution in [2.75, 3.05) is 13.1 Å². The normalized spacial score (nSPS) is 16.1. The Balaban J connectivity index is 1.79. The van der Waals surface area contributed by atoms with E-state index in [2.05, 4.69) is 0 Å². The van der Waals surface area contributed by atoms with Crippen LogP contribution in [0.3, 0.4) is 0 Å². The molecule has 3 rings (SSSR count). The Morgan fingerprint density at radius 1 is 1.10 bits per heavy atom. The summed E-state index contributed by atoms with van der Waals surface area (Å²) in [7, 11) is 0. The van der Waals surface area contributed by atoms with Crippen LogP contribution >= 0.6 is 0 Å². The number of aliphatic hydroxyl groups is 1. The zero-order chi connectivity index (χ0) is 14.7. The van der Waals surface area contributed by atoms with Crippen LogP contribution in [0, 0.1) is 0 Å². The van der Waals surface area contributed by atoms with Crippen LogP contribution in [0.15, 0.2) is 30.5 Å². The Bertz CT molecular complexity index is 625. The van der Waals surface area contributed by atoms with Crippen molar-refractivity contribution in [2.24, 2.45) is 0 Å². The number of amides is 1. The second kappa shape index (κ2) is 6.31. The van der Waals surface area contributed by atoms with Crippen LogP contribution in [0.4, 0.5) is 0 Å². The van der Waals surface area contributed by atoms with E-state index >= 15 is 0 Å². The molecule has 0 radical (unpaired) electrons. The molecule has 0 bridgehead atoms. The summed E-state index contributed by atoms with van der Waals surface area (Å²) in [6.45, 7) is 2.19. The lowest BCUT2D eigenvalue weighted by Crippen LogP contribution is -2.34. The van der Waals surface area contributed by atoms with E-state index in [1.54, 1.807) is 0 Å². The lowest BCUT2D eigenvalue weighted by molar-refractivity contribution is -0.131. The number of carbonyl (C=O) groups excluding carboxylic acids is 1. The molecule has 1 amide bonds. The number of fused-ring (bicyclic) bond motifs is 1. The highest BCUT2D eigenvalue weighted by atomic mass is 16.3. The van der Waals surface area contributed by atoms with Crippen LogP contribution in [0.2, 0.25) is 0 Å². The summed E-state index contributed by atoms with van der Waals surface area (Å²) >= 11 is 0. The minimum absolute atomic E-state index is 0.0292. The number of rotatable bonds is 3. The number of nitrogens with zero attached hydrogens (tertiary/aromatic N) is 2. The van der Waals surface area contributed by atoms with Crippen LogP contribution in [0.25, 0.3) is 10.9 Å². The van der Waals surface area contributed by atoms with Gasteiger partial charge in [-0.3, -0.25) is 4.79 Å². The van der Waals surface area contributed by atoms with Crippen molar-refractivity contribution in [1.29, 1.82) is 0 Å². The van der Waals surface area contributed by atoms with E-state index in [0.717, 1.165) is 42.4 Å². The molecule has 1 saturated heterocycles. The highest BCUT2D eigenvalue weighted by Gasteiger charge is 2.16. The molecular weight excluding hydrogens is 264 g/mol. The van der Waals surface area contributed by atoms with E-state index in [4.69, 9.17) is 0 Å². The average Bonchev–Trinajstić information content (AvgIpc) is 2.75. The van der Waals surface area contributed by atoms with Crippen molar-refractivity contribution in [3.63, 3.8) is 0 Å². The van der Waals surface area contributed by atoms with Gasteiger partial charge >= 0.3 is 0 Å². The Labute approximate surface area is 125 Å². The van der Waals surface area contributed by atoms with Crippen molar-refractivity contribution in [2.45, 2.75) is 38.8 Å². The van der Waals surface area contributed by atoms with Gasteiger partial charge in [0.25, 0.3) is 0 Å². The Morgan fingerprint density at radius 3 is 2.57 bits per heavy atom. The first-order valence-electron chi connectivity index (χ1n) is 7.75. The zero-order valence-electron chi connectivity index (χ0n) is 12.3. The van der Waals surface area contributed by atoms with E-state index in [9.17, 15) is 9.90 Å². The molecule has 1 aliphatic heterocycles. The fourth-order valence-corrected chi connectivity index (χ4v) is 3.13. The van der Waals surface area contributed by atoms with E-state index < -0.39 is 0 Å². The summed E-state index contributed by atoms with van der Waals surface area (Å²) in [6, 6.07) is 7.84. The van der Waals surface area contributed by atoms with Gasteiger partial charge in [-0.05, 0) is 30.5 Å². The molecule has 1 aliphatic rings. The molecule has 0 atom stereocenters. The quantitative estimate of drug-likeness (QED) is 0.942. The molecule has 1 N–H and O–H groups in total. The molecule has 21 heavy (non-hydrogen) atoms. The molecular formula is C17H22N2O2. The van der Waals surface area contributed by atoms with Crippen LogP contribution in [-0.2, 0) is 17.9 Å². The Morgan fingerprint density at radius 2 is 1.86 bits per heavy atom. The van der Waals surface area contributed by atoms with Crippen molar-refractivity contribution < 1.29 is 9.90 Å². The average molecular weight is 286 g/mol. The van der Waals surface area contributed by atoms with Crippen LogP contribution in [-0.4, -0.2) is 33.6 Å². The van der Waals surface area contributed by atoms with Crippen LogP contribution in [0.1, 0.15) is 31.2 Å². The van der Waals surface area contributed by atoms with Crippen LogP contribution < -0.4 is 0 Å². The summed E-state index contributed by atoms with van der Waals surface area (Å²) in [4.78, 5) is 14.5. The minimum atomic E-state index is 0.0292. The van der Waals surface area contributed by atoms with Gasteiger partial charge in [0.15, 0.2) is 0 Å². The second-order valence-corrected chi connectivity index (χ2v) is 5.75. The van der Waals surface area contributed by atoms with E-state index in [1.165, 1.54) is 12.8 Å². The fourth-order valence-electron chi connectivity index (χ4n) is 3.13. The van der Waals surface area contributed by atoms with Crippen molar-refractivity contribution in [3.05, 3.63) is 36.0 Å². The second-order valence-electron chi connectivity index (χ2n) is 5.75. The van der Waals surface area contributed by atoms with Crippen molar-refractivity contribution in [1.82, 2.24) is 9.47 Å². The molecule has 1 aromatic carbocycles. The summed E-state index contributed by atoms with van der Waals surface area (Å²) in [5, 5.41) is 10.4. The molecule has 0 spiro atoms. The topological polar surface area (TPSA) is 45.5 Å². The number of hydrogen-bond donors (Lipinski definition) is 1. The highest BCUT2D eigenvalue weighted by molar-refractivity contribution is 5.85. The molecule has 1 aromatic heterocycles. The van der Waals surface area contributed by atoms with Gasteiger partial charge in [-0.2, -0.15) is 0 Å². The molecule has 2 aromatic rings. The van der Waals surface area contributed by atoms with E-state index in [-0.39, 0.29) is 12.5 Å². The van der Waals surface area contributed by atoms with Gasteiger partial charge in [0.05, 0.1) is 6.61 Å². The van der Waals surface area contributed by atoms with Gasteiger partial charge in [0.1, 0.15) is 6.54 Å². The number of hydrogen-bond acceptors (Lipinski definition) is 2. The maximum atomic E-state index is 12.5. The van der Waals surface area contributed by atoms with Gasteiger partial charge in [-0.25, -0.2) is 0 Å².